The first kappa shape index (κ1) is 38.5. The van der Waals surface area contributed by atoms with E-state index < -0.39 is 0 Å². The van der Waals surface area contributed by atoms with E-state index in [2.05, 4.69) is 249 Å². The Bertz CT molecular complexity index is 3580. The largest absolute Gasteiger partial charge is 0.456 e. The summed E-state index contributed by atoms with van der Waals surface area (Å²) in [5.74, 6) is 0. The molecule has 2 nitrogen and oxygen atoms in total. The van der Waals surface area contributed by atoms with Crippen LogP contribution in [0.1, 0.15) is 25.0 Å². The Balaban J connectivity index is 1.02. The van der Waals surface area contributed by atoms with Crippen molar-refractivity contribution in [3.8, 4) is 66.8 Å². The number of furan rings is 1. The number of nitrogens with zero attached hydrogens (tertiary/aromatic N) is 1. The number of hydrogen-bond donors (Lipinski definition) is 0. The lowest BCUT2D eigenvalue weighted by Gasteiger charge is -2.29. The van der Waals surface area contributed by atoms with Crippen molar-refractivity contribution in [1.82, 2.24) is 0 Å². The molecule has 0 N–H and O–H groups in total. The molecule has 0 radical (unpaired) electrons. The smallest absolute Gasteiger partial charge is 0.136 e. The molecule has 308 valence electrons. The van der Waals surface area contributed by atoms with Crippen molar-refractivity contribution in [3.63, 3.8) is 0 Å². The molecule has 0 fully saturated rings. The summed E-state index contributed by atoms with van der Waals surface area (Å²) >= 11 is 0. The molecule has 0 spiro atoms. The van der Waals surface area contributed by atoms with E-state index in [9.17, 15) is 0 Å². The number of benzene rings is 10. The molecule has 0 saturated heterocycles. The van der Waals surface area contributed by atoms with Crippen LogP contribution >= 0.6 is 0 Å². The molecule has 0 amide bonds. The van der Waals surface area contributed by atoms with Gasteiger partial charge < -0.3 is 9.32 Å². The van der Waals surface area contributed by atoms with Crippen molar-refractivity contribution in [1.29, 1.82) is 0 Å². The summed E-state index contributed by atoms with van der Waals surface area (Å²) in [7, 11) is 0. The lowest BCUT2D eigenvalue weighted by Crippen LogP contribution is -2.14. The number of anilines is 3. The normalized spacial score (nSPS) is 12.6. The molecule has 0 unspecified atom stereocenters. The molecule has 65 heavy (non-hydrogen) atoms. The highest BCUT2D eigenvalue weighted by Gasteiger charge is 2.35. The number of para-hydroxylation sites is 2. The maximum Gasteiger partial charge on any atom is 0.136 e. The molecule has 1 aliphatic carbocycles. The monoisotopic (exact) mass is 831 g/mol. The molecule has 10 aromatic carbocycles. The average Bonchev–Trinajstić information content (AvgIpc) is 3.86. The van der Waals surface area contributed by atoms with Gasteiger partial charge in [-0.15, -0.1) is 0 Å². The third-order valence-electron chi connectivity index (χ3n) is 13.5. The number of rotatable bonds is 8. The lowest BCUT2D eigenvalue weighted by atomic mass is 9.81. The minimum Gasteiger partial charge on any atom is -0.456 e. The second kappa shape index (κ2) is 15.6. The van der Waals surface area contributed by atoms with E-state index >= 15 is 0 Å². The molecule has 0 saturated carbocycles. The zero-order valence-corrected chi connectivity index (χ0v) is 36.4. The third-order valence-corrected chi connectivity index (χ3v) is 13.5. The van der Waals surface area contributed by atoms with Crippen LogP contribution in [-0.2, 0) is 5.41 Å². The molecule has 1 aliphatic rings. The van der Waals surface area contributed by atoms with Gasteiger partial charge in [0.1, 0.15) is 11.2 Å². The Morgan fingerprint density at radius 3 is 1.68 bits per heavy atom. The van der Waals surface area contributed by atoms with Crippen molar-refractivity contribution < 1.29 is 4.42 Å². The van der Waals surface area contributed by atoms with Crippen molar-refractivity contribution in [3.05, 3.63) is 248 Å². The Labute approximate surface area is 380 Å². The summed E-state index contributed by atoms with van der Waals surface area (Å²) in [5.41, 5.74) is 22.1. The van der Waals surface area contributed by atoms with Gasteiger partial charge in [-0.05, 0) is 121 Å². The van der Waals surface area contributed by atoms with Crippen LogP contribution in [0.5, 0.6) is 0 Å². The van der Waals surface area contributed by atoms with Crippen molar-refractivity contribution in [2.75, 3.05) is 4.90 Å². The molecule has 12 rings (SSSR count). The minimum absolute atomic E-state index is 0.0711. The molecule has 2 heteroatoms. The summed E-state index contributed by atoms with van der Waals surface area (Å²) < 4.78 is 6.37. The lowest BCUT2D eigenvalue weighted by molar-refractivity contribution is 0.660. The molecular formula is C63H45NO. The van der Waals surface area contributed by atoms with Gasteiger partial charge in [-0.25, -0.2) is 0 Å². The average molecular weight is 832 g/mol. The number of fused-ring (bicyclic) bond motifs is 6. The first-order valence-electron chi connectivity index (χ1n) is 22.5. The summed E-state index contributed by atoms with van der Waals surface area (Å²) in [4.78, 5) is 2.43. The fraction of sp³-hybridized carbons (Fsp3) is 0.0476. The first-order chi connectivity index (χ1) is 32.0. The van der Waals surface area contributed by atoms with Crippen LogP contribution in [0, 0.1) is 0 Å². The Hall–Kier alpha value is -8.20. The third kappa shape index (κ3) is 6.49. The maximum absolute atomic E-state index is 6.37. The van der Waals surface area contributed by atoms with E-state index in [1.807, 2.05) is 6.07 Å². The topological polar surface area (TPSA) is 16.4 Å². The standard InChI is InChI=1S/C63H45NO/c1-63(2)57-30-13-10-26-53(57)54-39-36-44(41-58(54)63)42-34-37-46(38-35-42)64(47-21-16-20-45(40-47)49-29-17-33-61-62(49)56-28-12-15-32-60(56)65-61)59-31-14-11-27-55(59)52-25-9-8-24-51(52)50-23-7-6-22-48(50)43-18-4-3-5-19-43/h3-41H,1-2H3. The molecule has 1 heterocycles. The predicted molar refractivity (Wildman–Crippen MR) is 273 cm³/mol. The fourth-order valence-electron chi connectivity index (χ4n) is 10.4. The molecule has 0 aliphatic heterocycles. The zero-order chi connectivity index (χ0) is 43.5. The second-order valence-electron chi connectivity index (χ2n) is 17.6. The van der Waals surface area contributed by atoms with Crippen LogP contribution < -0.4 is 4.90 Å². The van der Waals surface area contributed by atoms with Crippen molar-refractivity contribution in [2.24, 2.45) is 0 Å². The quantitative estimate of drug-likeness (QED) is 0.152. The number of hydrogen-bond acceptors (Lipinski definition) is 2. The minimum atomic E-state index is -0.0711. The van der Waals surface area contributed by atoms with E-state index in [1.54, 1.807) is 0 Å². The van der Waals surface area contributed by atoms with Gasteiger partial charge in [0.2, 0.25) is 0 Å². The van der Waals surface area contributed by atoms with Gasteiger partial charge in [0.05, 0.1) is 5.69 Å². The van der Waals surface area contributed by atoms with Crippen molar-refractivity contribution in [2.45, 2.75) is 19.3 Å². The molecule has 11 aromatic rings. The second-order valence-corrected chi connectivity index (χ2v) is 17.6. The Morgan fingerprint density at radius 1 is 0.323 bits per heavy atom. The first-order valence-corrected chi connectivity index (χ1v) is 22.5. The highest BCUT2D eigenvalue weighted by molar-refractivity contribution is 6.12. The van der Waals surface area contributed by atoms with Crippen LogP contribution in [0.25, 0.3) is 88.7 Å². The van der Waals surface area contributed by atoms with E-state index in [-0.39, 0.29) is 5.41 Å². The van der Waals surface area contributed by atoms with Gasteiger partial charge in [-0.3, -0.25) is 0 Å². The van der Waals surface area contributed by atoms with E-state index in [0.29, 0.717) is 0 Å². The molecular weight excluding hydrogens is 787 g/mol. The molecule has 0 atom stereocenters. The maximum atomic E-state index is 6.37. The van der Waals surface area contributed by atoms with Gasteiger partial charge in [0.25, 0.3) is 0 Å². The van der Waals surface area contributed by atoms with Crippen LogP contribution in [-0.4, -0.2) is 0 Å². The van der Waals surface area contributed by atoms with E-state index in [0.717, 1.165) is 55.7 Å². The van der Waals surface area contributed by atoms with Crippen molar-refractivity contribution >= 4 is 39.0 Å². The van der Waals surface area contributed by atoms with Gasteiger partial charge in [-0.2, -0.15) is 0 Å². The van der Waals surface area contributed by atoms with E-state index in [4.69, 9.17) is 4.42 Å². The fourth-order valence-corrected chi connectivity index (χ4v) is 10.4. The summed E-state index contributed by atoms with van der Waals surface area (Å²) in [6.45, 7) is 4.70. The van der Waals surface area contributed by atoms with Gasteiger partial charge >= 0.3 is 0 Å². The molecule has 1 aromatic heterocycles. The highest BCUT2D eigenvalue weighted by atomic mass is 16.3. The Kier molecular flexibility index (Phi) is 9.21. The predicted octanol–water partition coefficient (Wildman–Crippen LogP) is 17.7. The summed E-state index contributed by atoms with van der Waals surface area (Å²) in [5, 5.41) is 2.25. The zero-order valence-electron chi connectivity index (χ0n) is 36.4. The van der Waals surface area contributed by atoms with Gasteiger partial charge in [-0.1, -0.05) is 202 Å². The van der Waals surface area contributed by atoms with Crippen LogP contribution in [0.3, 0.4) is 0 Å². The van der Waals surface area contributed by atoms with E-state index in [1.165, 1.54) is 61.2 Å². The van der Waals surface area contributed by atoms with Gasteiger partial charge in [0.15, 0.2) is 0 Å². The van der Waals surface area contributed by atoms with Crippen LogP contribution in [0.4, 0.5) is 17.1 Å². The molecule has 0 bridgehead atoms. The SMILES string of the molecule is CC1(C)c2ccccc2-c2ccc(-c3ccc(N(c4cccc(-c5cccc6oc7ccccc7c56)c4)c4ccccc4-c4ccccc4-c4ccccc4-c4ccccc4)cc3)cc21. The van der Waals surface area contributed by atoms with Gasteiger partial charge in [0, 0.05) is 33.1 Å². The summed E-state index contributed by atoms with van der Waals surface area (Å²) in [6, 6.07) is 85.9. The highest BCUT2D eigenvalue weighted by Crippen LogP contribution is 2.50. The summed E-state index contributed by atoms with van der Waals surface area (Å²) in [6.07, 6.45) is 0. The van der Waals surface area contributed by atoms with Crippen LogP contribution in [0.2, 0.25) is 0 Å². The Morgan fingerprint density at radius 2 is 0.877 bits per heavy atom. The van der Waals surface area contributed by atoms with Crippen LogP contribution in [0.15, 0.2) is 241 Å².